The Hall–Kier alpha value is -0.610. The van der Waals surface area contributed by atoms with Gasteiger partial charge in [-0.2, -0.15) is 0 Å². The van der Waals surface area contributed by atoms with Crippen molar-refractivity contribution in [1.29, 1.82) is 0 Å². The van der Waals surface area contributed by atoms with E-state index in [9.17, 15) is 4.79 Å². The van der Waals surface area contributed by atoms with Gasteiger partial charge in [-0.15, -0.1) is 0 Å². The molecule has 4 heteroatoms. The van der Waals surface area contributed by atoms with Gasteiger partial charge in [0.25, 0.3) is 0 Å². The highest BCUT2D eigenvalue weighted by atomic mass is 16.2. The summed E-state index contributed by atoms with van der Waals surface area (Å²) in [6.07, 6.45) is 6.96. The Morgan fingerprint density at radius 3 is 2.48 bits per heavy atom. The maximum absolute atomic E-state index is 12.5. The van der Waals surface area contributed by atoms with Gasteiger partial charge in [0.15, 0.2) is 0 Å². The van der Waals surface area contributed by atoms with Crippen LogP contribution in [-0.4, -0.2) is 62.0 Å². The molecule has 122 valence electrons. The van der Waals surface area contributed by atoms with E-state index >= 15 is 0 Å². The van der Waals surface area contributed by atoms with Crippen molar-refractivity contribution in [2.75, 3.05) is 40.8 Å². The van der Waals surface area contributed by atoms with Gasteiger partial charge < -0.3 is 15.1 Å². The average molecular weight is 295 g/mol. The molecule has 0 aromatic carbocycles. The van der Waals surface area contributed by atoms with Gasteiger partial charge >= 0.3 is 0 Å². The van der Waals surface area contributed by atoms with Gasteiger partial charge in [-0.05, 0) is 71.1 Å². The lowest BCUT2D eigenvalue weighted by atomic mass is 9.75. The molecule has 0 spiro atoms. The molecule has 1 saturated carbocycles. The molecule has 0 radical (unpaired) electrons. The minimum atomic E-state index is 0.236. The van der Waals surface area contributed by atoms with Crippen molar-refractivity contribution in [2.24, 2.45) is 11.8 Å². The number of likely N-dealkylation sites (N-methyl/N-ethyl adjacent to an activating group) is 2. The van der Waals surface area contributed by atoms with Crippen molar-refractivity contribution in [3.63, 3.8) is 0 Å². The van der Waals surface area contributed by atoms with E-state index in [0.717, 1.165) is 19.6 Å². The monoisotopic (exact) mass is 295 g/mol. The molecule has 1 aliphatic heterocycles. The highest BCUT2D eigenvalue weighted by Crippen LogP contribution is 2.36. The zero-order valence-electron chi connectivity index (χ0n) is 14.3. The fourth-order valence-corrected chi connectivity index (χ4v) is 3.82. The van der Waals surface area contributed by atoms with Crippen molar-refractivity contribution < 1.29 is 4.79 Å². The largest absolute Gasteiger partial charge is 0.344 e. The fourth-order valence-electron chi connectivity index (χ4n) is 3.82. The van der Waals surface area contributed by atoms with Crippen LogP contribution >= 0.6 is 0 Å². The molecule has 2 rings (SSSR count). The average Bonchev–Trinajstić information content (AvgIpc) is 2.42. The van der Waals surface area contributed by atoms with Crippen LogP contribution in [0.1, 0.15) is 45.4 Å². The van der Waals surface area contributed by atoms with Crippen molar-refractivity contribution >= 4 is 5.91 Å². The second-order valence-corrected chi connectivity index (χ2v) is 7.51. The summed E-state index contributed by atoms with van der Waals surface area (Å²) in [5.41, 5.74) is 0.236. The molecule has 1 N–H and O–H groups in total. The molecule has 21 heavy (non-hydrogen) atoms. The zero-order valence-corrected chi connectivity index (χ0v) is 14.3. The maximum atomic E-state index is 12.5. The topological polar surface area (TPSA) is 35.6 Å². The van der Waals surface area contributed by atoms with Gasteiger partial charge in [0.05, 0.1) is 0 Å². The van der Waals surface area contributed by atoms with Gasteiger partial charge in [-0.3, -0.25) is 4.79 Å². The molecule has 1 amide bonds. The van der Waals surface area contributed by atoms with Gasteiger partial charge in [-0.25, -0.2) is 0 Å². The van der Waals surface area contributed by atoms with Crippen LogP contribution in [0.15, 0.2) is 0 Å². The van der Waals surface area contributed by atoms with Gasteiger partial charge in [-0.1, -0.05) is 6.92 Å². The Balaban J connectivity index is 1.81. The number of carbonyl (C=O) groups is 1. The third-order valence-corrected chi connectivity index (χ3v) is 5.83. The van der Waals surface area contributed by atoms with Gasteiger partial charge in [0.2, 0.25) is 5.91 Å². The van der Waals surface area contributed by atoms with E-state index in [1.165, 1.54) is 32.1 Å². The Morgan fingerprint density at radius 2 is 2.00 bits per heavy atom. The lowest BCUT2D eigenvalue weighted by Crippen LogP contribution is -2.57. The molecular weight excluding hydrogens is 262 g/mol. The summed E-state index contributed by atoms with van der Waals surface area (Å²) in [7, 11) is 6.28. The van der Waals surface area contributed by atoms with Crippen molar-refractivity contribution in [2.45, 2.75) is 51.0 Å². The van der Waals surface area contributed by atoms with E-state index in [4.69, 9.17) is 0 Å². The number of nitrogens with one attached hydrogen (secondary N) is 1. The van der Waals surface area contributed by atoms with Crippen LogP contribution in [-0.2, 0) is 4.79 Å². The number of piperidine rings is 1. The van der Waals surface area contributed by atoms with Crippen LogP contribution in [0, 0.1) is 11.8 Å². The van der Waals surface area contributed by atoms with Gasteiger partial charge in [0, 0.05) is 25.6 Å². The van der Waals surface area contributed by atoms with Crippen molar-refractivity contribution in [3.05, 3.63) is 0 Å². The molecule has 1 saturated heterocycles. The molecular formula is C17H33N3O. The normalized spacial score (nSPS) is 26.2. The quantitative estimate of drug-likeness (QED) is 0.813. The summed E-state index contributed by atoms with van der Waals surface area (Å²) < 4.78 is 0. The number of rotatable bonds is 6. The first-order chi connectivity index (χ1) is 9.94. The second kappa shape index (κ2) is 7.10. The van der Waals surface area contributed by atoms with E-state index in [0.29, 0.717) is 24.2 Å². The number of amides is 1. The van der Waals surface area contributed by atoms with Gasteiger partial charge in [0.1, 0.15) is 0 Å². The summed E-state index contributed by atoms with van der Waals surface area (Å²) >= 11 is 0. The lowest BCUT2D eigenvalue weighted by Gasteiger charge is -2.49. The van der Waals surface area contributed by atoms with Crippen LogP contribution in [0.5, 0.6) is 0 Å². The molecule has 0 bridgehead atoms. The molecule has 0 aromatic rings. The molecule has 2 unspecified atom stereocenters. The van der Waals surface area contributed by atoms with E-state index in [2.05, 4.69) is 31.2 Å². The van der Waals surface area contributed by atoms with Crippen molar-refractivity contribution in [1.82, 2.24) is 15.1 Å². The second-order valence-electron chi connectivity index (χ2n) is 7.51. The first kappa shape index (κ1) is 16.8. The first-order valence-corrected chi connectivity index (χ1v) is 8.57. The standard InChI is InChI=1S/C17H33N3O/c1-14(15-7-5-10-18-12-15)11-16(21)20(4)13-17(19(2)3)8-6-9-17/h14-15,18H,5-13H2,1-4H3. The van der Waals surface area contributed by atoms with Crippen LogP contribution in [0.3, 0.4) is 0 Å². The summed E-state index contributed by atoms with van der Waals surface area (Å²) in [5, 5.41) is 3.46. The summed E-state index contributed by atoms with van der Waals surface area (Å²) in [6.45, 7) is 5.35. The molecule has 2 aliphatic rings. The number of nitrogens with zero attached hydrogens (tertiary/aromatic N) is 2. The predicted molar refractivity (Wildman–Crippen MR) is 87.3 cm³/mol. The Morgan fingerprint density at radius 1 is 1.29 bits per heavy atom. The van der Waals surface area contributed by atoms with Crippen LogP contribution in [0.2, 0.25) is 0 Å². The van der Waals surface area contributed by atoms with E-state index in [1.54, 1.807) is 0 Å². The summed E-state index contributed by atoms with van der Waals surface area (Å²) in [4.78, 5) is 16.8. The fraction of sp³-hybridized carbons (Fsp3) is 0.941. The van der Waals surface area contributed by atoms with Crippen molar-refractivity contribution in [3.8, 4) is 0 Å². The number of hydrogen-bond acceptors (Lipinski definition) is 3. The third kappa shape index (κ3) is 3.98. The Kier molecular flexibility index (Phi) is 5.67. The first-order valence-electron chi connectivity index (χ1n) is 8.57. The van der Waals surface area contributed by atoms with E-state index in [-0.39, 0.29) is 5.54 Å². The summed E-state index contributed by atoms with van der Waals surface area (Å²) in [6, 6.07) is 0. The third-order valence-electron chi connectivity index (χ3n) is 5.83. The predicted octanol–water partition coefficient (Wildman–Crippen LogP) is 1.95. The molecule has 1 heterocycles. The number of carbonyl (C=O) groups excluding carboxylic acids is 1. The smallest absolute Gasteiger partial charge is 0.222 e. The molecule has 0 aromatic heterocycles. The minimum absolute atomic E-state index is 0.236. The van der Waals surface area contributed by atoms with E-state index in [1.807, 2.05) is 11.9 Å². The van der Waals surface area contributed by atoms with Crippen LogP contribution < -0.4 is 5.32 Å². The number of hydrogen-bond donors (Lipinski definition) is 1. The maximum Gasteiger partial charge on any atom is 0.222 e. The summed E-state index contributed by atoms with van der Waals surface area (Å²) in [5.74, 6) is 1.48. The molecule has 4 nitrogen and oxygen atoms in total. The van der Waals surface area contributed by atoms with E-state index < -0.39 is 0 Å². The highest BCUT2D eigenvalue weighted by Gasteiger charge is 2.40. The molecule has 2 atom stereocenters. The van der Waals surface area contributed by atoms with Crippen LogP contribution in [0.4, 0.5) is 0 Å². The minimum Gasteiger partial charge on any atom is -0.344 e. The highest BCUT2D eigenvalue weighted by molar-refractivity contribution is 5.76. The molecule has 2 fully saturated rings. The SMILES string of the molecule is CC(CC(=O)N(C)CC1(N(C)C)CCC1)C1CCCNC1. The van der Waals surface area contributed by atoms with Crippen LogP contribution in [0.25, 0.3) is 0 Å². The lowest BCUT2D eigenvalue weighted by molar-refractivity contribution is -0.134. The Labute approximate surface area is 130 Å². The molecule has 1 aliphatic carbocycles. The Bertz CT molecular complexity index is 346. The zero-order chi connectivity index (χ0) is 15.5.